The highest BCUT2D eigenvalue weighted by Gasteiger charge is 2.17. The average Bonchev–Trinajstić information content (AvgIpc) is 2.83. The van der Waals surface area contributed by atoms with Gasteiger partial charge in [-0.3, -0.25) is 9.59 Å². The number of quaternary nitrogens is 1. The van der Waals surface area contributed by atoms with Gasteiger partial charge in [0.05, 0.1) is 5.39 Å². The van der Waals surface area contributed by atoms with Gasteiger partial charge in [0.2, 0.25) is 0 Å². The fourth-order valence-electron chi connectivity index (χ4n) is 2.50. The minimum Gasteiger partial charge on any atom is -0.354 e. The Morgan fingerprint density at radius 1 is 1.48 bits per heavy atom. The molecule has 6 nitrogen and oxygen atoms in total. The van der Waals surface area contributed by atoms with E-state index in [-0.39, 0.29) is 11.5 Å². The summed E-state index contributed by atoms with van der Waals surface area (Å²) in [5, 5.41) is 5.13. The Kier molecular flexibility index (Phi) is 5.90. The zero-order valence-electron chi connectivity index (χ0n) is 14.2. The van der Waals surface area contributed by atoms with Crippen molar-refractivity contribution < 1.29 is 10.1 Å². The molecule has 0 saturated carbocycles. The molecule has 0 aliphatic heterocycles. The maximum absolute atomic E-state index is 12.5. The molecule has 0 aromatic carbocycles. The van der Waals surface area contributed by atoms with Gasteiger partial charge in [0.15, 0.2) is 12.4 Å². The number of thiophene rings is 1. The third-order valence-corrected chi connectivity index (χ3v) is 5.15. The van der Waals surface area contributed by atoms with Crippen LogP contribution in [0.1, 0.15) is 36.5 Å². The van der Waals surface area contributed by atoms with Gasteiger partial charge in [0.1, 0.15) is 11.4 Å². The molecule has 0 aliphatic rings. The lowest BCUT2D eigenvalue weighted by Gasteiger charge is -2.08. The highest BCUT2D eigenvalue weighted by atomic mass is 32.1. The molecule has 1 atom stereocenters. The highest BCUT2D eigenvalue weighted by Crippen LogP contribution is 2.29. The lowest BCUT2D eigenvalue weighted by molar-refractivity contribution is -0.661. The van der Waals surface area contributed by atoms with Crippen LogP contribution in [0.3, 0.4) is 0 Å². The quantitative estimate of drug-likeness (QED) is 0.694. The molecule has 2 aromatic rings. The number of nitrogens with one attached hydrogen (secondary N) is 2. The molecule has 0 fully saturated rings. The first-order valence-electron chi connectivity index (χ1n) is 7.99. The Morgan fingerprint density at radius 2 is 2.22 bits per heavy atom. The Morgan fingerprint density at radius 3 is 2.87 bits per heavy atom. The summed E-state index contributed by atoms with van der Waals surface area (Å²) in [7, 11) is 1.61. The van der Waals surface area contributed by atoms with Crippen molar-refractivity contribution in [3.05, 3.63) is 26.6 Å². The van der Waals surface area contributed by atoms with E-state index in [4.69, 9.17) is 0 Å². The molecule has 0 spiro atoms. The molecule has 0 saturated heterocycles. The fraction of sp³-hybridized carbons (Fsp3) is 0.562. The van der Waals surface area contributed by atoms with Gasteiger partial charge in [-0.1, -0.05) is 20.3 Å². The third kappa shape index (κ3) is 4.17. The normalized spacial score (nSPS) is 12.5. The molecule has 0 bridgehead atoms. The van der Waals surface area contributed by atoms with Crippen molar-refractivity contribution in [3.8, 4) is 0 Å². The molecular formula is C16H25N4O2S+. The maximum atomic E-state index is 12.5. The van der Waals surface area contributed by atoms with Crippen molar-refractivity contribution >= 4 is 27.5 Å². The van der Waals surface area contributed by atoms with E-state index in [1.165, 1.54) is 4.88 Å². The highest BCUT2D eigenvalue weighted by molar-refractivity contribution is 7.18. The third-order valence-electron chi connectivity index (χ3n) is 4.11. The summed E-state index contributed by atoms with van der Waals surface area (Å²) in [5.41, 5.74) is 1.06. The molecule has 4 N–H and O–H groups in total. The number of hydrogen-bond donors (Lipinski definition) is 3. The van der Waals surface area contributed by atoms with Crippen molar-refractivity contribution in [1.29, 1.82) is 0 Å². The minimum atomic E-state index is -0.0685. The lowest BCUT2D eigenvalue weighted by Crippen LogP contribution is -2.85. The minimum absolute atomic E-state index is 0.0452. The lowest BCUT2D eigenvalue weighted by atomic mass is 9.98. The number of aromatic amines is 1. The van der Waals surface area contributed by atoms with Crippen LogP contribution in [0.2, 0.25) is 0 Å². The van der Waals surface area contributed by atoms with Gasteiger partial charge in [-0.2, -0.15) is 0 Å². The molecule has 7 heteroatoms. The second-order valence-corrected chi connectivity index (χ2v) is 7.12. The summed E-state index contributed by atoms with van der Waals surface area (Å²) in [5.74, 6) is 1.12. The van der Waals surface area contributed by atoms with Crippen LogP contribution in [0.4, 0.5) is 0 Å². The van der Waals surface area contributed by atoms with E-state index in [1.54, 1.807) is 18.4 Å². The largest absolute Gasteiger partial charge is 0.354 e. The summed E-state index contributed by atoms with van der Waals surface area (Å²) in [6, 6.07) is 0. The number of aryl methyl sites for hydroxylation is 1. The van der Waals surface area contributed by atoms with E-state index in [0.29, 0.717) is 24.8 Å². The number of fused-ring (bicyclic) bond motifs is 1. The smallest absolute Gasteiger partial charge is 0.274 e. The molecule has 0 unspecified atom stereocenters. The van der Waals surface area contributed by atoms with Gasteiger partial charge in [0.25, 0.3) is 11.5 Å². The van der Waals surface area contributed by atoms with Gasteiger partial charge in [-0.05, 0) is 24.8 Å². The van der Waals surface area contributed by atoms with Gasteiger partial charge in [0, 0.05) is 11.9 Å². The molecule has 0 aliphatic carbocycles. The van der Waals surface area contributed by atoms with Gasteiger partial charge >= 0.3 is 0 Å². The fourth-order valence-corrected chi connectivity index (χ4v) is 3.57. The van der Waals surface area contributed by atoms with E-state index in [2.05, 4.69) is 36.1 Å². The van der Waals surface area contributed by atoms with E-state index in [0.717, 1.165) is 28.6 Å². The number of aromatic nitrogens is 2. The molecule has 23 heavy (non-hydrogen) atoms. The van der Waals surface area contributed by atoms with Gasteiger partial charge in [-0.15, -0.1) is 11.3 Å². The molecule has 2 aromatic heterocycles. The first-order chi connectivity index (χ1) is 11.0. The van der Waals surface area contributed by atoms with Crippen molar-refractivity contribution in [3.63, 3.8) is 0 Å². The Hall–Kier alpha value is -1.73. The molecule has 0 radical (unpaired) electrons. The van der Waals surface area contributed by atoms with Crippen LogP contribution in [-0.4, -0.2) is 29.5 Å². The van der Waals surface area contributed by atoms with Crippen molar-refractivity contribution in [2.45, 2.75) is 40.2 Å². The topological polar surface area (TPSA) is 91.5 Å². The number of rotatable bonds is 7. The maximum Gasteiger partial charge on any atom is 0.274 e. The number of nitrogens with two attached hydrogens (primary N) is 1. The van der Waals surface area contributed by atoms with Crippen LogP contribution in [0, 0.1) is 12.8 Å². The average molecular weight is 337 g/mol. The molecule has 1 amide bonds. The monoisotopic (exact) mass is 337 g/mol. The van der Waals surface area contributed by atoms with Crippen molar-refractivity contribution in [2.75, 3.05) is 13.6 Å². The summed E-state index contributed by atoms with van der Waals surface area (Å²) in [4.78, 5) is 33.1. The van der Waals surface area contributed by atoms with Crippen LogP contribution in [0.5, 0.6) is 0 Å². The van der Waals surface area contributed by atoms with Gasteiger partial charge in [-0.25, -0.2) is 4.98 Å². The second-order valence-electron chi connectivity index (χ2n) is 5.92. The molecule has 126 valence electrons. The van der Waals surface area contributed by atoms with Crippen LogP contribution in [0.15, 0.2) is 4.79 Å². The number of amides is 1. The number of hydrogen-bond acceptors (Lipinski definition) is 4. The van der Waals surface area contributed by atoms with Crippen LogP contribution in [0.25, 0.3) is 10.2 Å². The summed E-state index contributed by atoms with van der Waals surface area (Å²) >= 11 is 1.58. The predicted molar refractivity (Wildman–Crippen MR) is 92.7 cm³/mol. The van der Waals surface area contributed by atoms with Gasteiger partial charge < -0.3 is 15.6 Å². The standard InChI is InChI=1S/C16H24N4O2S/c1-5-9(2)6-11-10(3)23-16-14(11)15(22)19-12(20-16)7-18-8-13(21)17-4/h9,18H,5-8H2,1-4H3,(H,17,21)(H,19,20,22)/p+1/t9-/m0/s1. The SMILES string of the molecule is CC[C@H](C)Cc1c(C)sc2nc(C[NH2+]CC(=O)NC)[nH]c(=O)c12. The molecular weight excluding hydrogens is 312 g/mol. The zero-order valence-corrected chi connectivity index (χ0v) is 15.0. The van der Waals surface area contributed by atoms with E-state index < -0.39 is 0 Å². The molecule has 2 rings (SSSR count). The zero-order chi connectivity index (χ0) is 17.0. The number of nitrogens with zero attached hydrogens (tertiary/aromatic N) is 1. The predicted octanol–water partition coefficient (Wildman–Crippen LogP) is 0.691. The number of likely N-dealkylation sites (N-methyl/N-ethyl adjacent to an activating group) is 1. The summed E-state index contributed by atoms with van der Waals surface area (Å²) < 4.78 is 0. The number of H-pyrrole nitrogens is 1. The molecule has 2 heterocycles. The number of carbonyl (C=O) groups is 1. The van der Waals surface area contributed by atoms with E-state index in [1.807, 2.05) is 5.32 Å². The van der Waals surface area contributed by atoms with E-state index >= 15 is 0 Å². The van der Waals surface area contributed by atoms with Crippen molar-refractivity contribution in [2.24, 2.45) is 5.92 Å². The Labute approximate surface area is 139 Å². The summed E-state index contributed by atoms with van der Waals surface area (Å²) in [6.07, 6.45) is 2.00. The van der Waals surface area contributed by atoms with Crippen LogP contribution < -0.4 is 16.2 Å². The first kappa shape index (κ1) is 17.6. The second kappa shape index (κ2) is 7.70. The Bertz CT molecular complexity index is 750. The summed E-state index contributed by atoms with van der Waals surface area (Å²) in [6.45, 7) is 7.22. The van der Waals surface area contributed by atoms with Crippen LogP contribution in [-0.2, 0) is 17.8 Å². The van der Waals surface area contributed by atoms with Crippen molar-refractivity contribution in [1.82, 2.24) is 15.3 Å². The first-order valence-corrected chi connectivity index (χ1v) is 8.81. The van der Waals surface area contributed by atoms with Crippen LogP contribution >= 0.6 is 11.3 Å². The number of carbonyl (C=O) groups excluding carboxylic acids is 1. The Balaban J connectivity index is 2.26. The van der Waals surface area contributed by atoms with E-state index in [9.17, 15) is 9.59 Å².